The lowest BCUT2D eigenvalue weighted by Crippen LogP contribution is -2.28. The van der Waals surface area contributed by atoms with Gasteiger partial charge in [-0.1, -0.05) is 49.9 Å². The molecule has 5 aromatic rings. The van der Waals surface area contributed by atoms with E-state index in [1.165, 1.54) is 33.1 Å². The van der Waals surface area contributed by atoms with Crippen LogP contribution in [0, 0.1) is 25.5 Å². The highest BCUT2D eigenvalue weighted by Crippen LogP contribution is 2.68. The molecule has 12 heteroatoms. The molecule has 0 bridgehead atoms. The molecule has 1 atom stereocenters. The molecule has 0 fully saturated rings. The van der Waals surface area contributed by atoms with Gasteiger partial charge in [0, 0.05) is 19.2 Å². The standard InChI is InChI=1S/C22H25F2O3PS.C14H19O3PS.CH4/c1-5-26-28(25,27-6-2)22(4,14-16-11-12-18(23)19(24)13-16)21-15(3)17-9-7-8-10-20(17)29-21;1-4-16-18(15,17-5-2)10-14-11(3)12-8-6-7-9-13(12)19-14;/h7-13H,5-6,14H2,1-4H3;6-9H,4-5,10H2,1-3H3;1H4. The van der Waals surface area contributed by atoms with E-state index in [0.717, 1.165) is 37.5 Å². The summed E-state index contributed by atoms with van der Waals surface area (Å²) in [6.07, 6.45) is 0.551. The zero-order chi connectivity index (χ0) is 35.1. The average molecular weight is 753 g/mol. The van der Waals surface area contributed by atoms with Gasteiger partial charge in [0.05, 0.1) is 32.6 Å². The van der Waals surface area contributed by atoms with E-state index in [4.69, 9.17) is 18.1 Å². The van der Waals surface area contributed by atoms with E-state index in [9.17, 15) is 17.9 Å². The normalized spacial score (nSPS) is 13.2. The van der Waals surface area contributed by atoms with E-state index in [2.05, 4.69) is 19.1 Å². The Bertz CT molecular complexity index is 1920. The van der Waals surface area contributed by atoms with Crippen LogP contribution in [0.1, 0.15) is 68.5 Å². The third-order valence-corrected chi connectivity index (χ3v) is 16.0. The molecule has 2 aromatic heterocycles. The van der Waals surface area contributed by atoms with Crippen LogP contribution in [-0.4, -0.2) is 26.4 Å². The second kappa shape index (κ2) is 17.8. The highest BCUT2D eigenvalue weighted by Gasteiger charge is 2.50. The number of aryl methyl sites for hydroxylation is 2. The first-order valence-electron chi connectivity index (χ1n) is 16.0. The fourth-order valence-corrected chi connectivity index (χ4v) is 13.0. The topological polar surface area (TPSA) is 71.1 Å². The van der Waals surface area contributed by atoms with Gasteiger partial charge in [-0.3, -0.25) is 9.13 Å². The molecule has 49 heavy (non-hydrogen) atoms. The third kappa shape index (κ3) is 9.16. The smallest absolute Gasteiger partial charge is 0.309 e. The van der Waals surface area contributed by atoms with E-state index in [1.54, 1.807) is 25.2 Å². The lowest BCUT2D eigenvalue weighted by atomic mass is 9.95. The molecule has 0 saturated carbocycles. The van der Waals surface area contributed by atoms with E-state index in [1.807, 2.05) is 64.1 Å². The summed E-state index contributed by atoms with van der Waals surface area (Å²) in [5.41, 5.74) is 2.71. The molecular weight excluding hydrogens is 704 g/mol. The highest BCUT2D eigenvalue weighted by molar-refractivity contribution is 7.55. The lowest BCUT2D eigenvalue weighted by molar-refractivity contribution is 0.198. The number of halogens is 2. The molecule has 0 radical (unpaired) electrons. The van der Waals surface area contributed by atoms with Gasteiger partial charge in [-0.25, -0.2) is 8.78 Å². The fraction of sp³-hybridized carbons (Fsp3) is 0.405. The molecule has 0 saturated heterocycles. The second-order valence-corrected chi connectivity index (χ2v) is 18.1. The quantitative estimate of drug-likeness (QED) is 0.105. The van der Waals surface area contributed by atoms with Gasteiger partial charge in [-0.05, 0) is 107 Å². The number of fused-ring (bicyclic) bond motifs is 2. The number of rotatable bonds is 14. The molecule has 0 spiro atoms. The maximum atomic E-state index is 14.0. The van der Waals surface area contributed by atoms with Gasteiger partial charge in [-0.2, -0.15) is 0 Å². The van der Waals surface area contributed by atoms with Crippen LogP contribution in [0.25, 0.3) is 20.2 Å². The lowest BCUT2D eigenvalue weighted by Gasteiger charge is -2.36. The maximum absolute atomic E-state index is 14.0. The first kappa shape index (κ1) is 41.2. The van der Waals surface area contributed by atoms with Crippen molar-refractivity contribution in [3.8, 4) is 0 Å². The van der Waals surface area contributed by atoms with Gasteiger partial charge in [0.25, 0.3) is 0 Å². The van der Waals surface area contributed by atoms with Crippen molar-refractivity contribution in [1.82, 2.24) is 0 Å². The van der Waals surface area contributed by atoms with Crippen molar-refractivity contribution in [2.45, 2.75) is 73.6 Å². The minimum atomic E-state index is -3.64. The van der Waals surface area contributed by atoms with E-state index in [-0.39, 0.29) is 27.1 Å². The Morgan fingerprint density at radius 3 is 1.69 bits per heavy atom. The molecule has 2 heterocycles. The Morgan fingerprint density at radius 2 is 1.20 bits per heavy atom. The van der Waals surface area contributed by atoms with E-state index >= 15 is 0 Å². The molecular formula is C37H48F2O6P2S2. The van der Waals surface area contributed by atoms with Gasteiger partial charge in [-0.15, -0.1) is 22.7 Å². The molecule has 0 N–H and O–H groups in total. The predicted octanol–water partition coefficient (Wildman–Crippen LogP) is 12.8. The van der Waals surface area contributed by atoms with Crippen molar-refractivity contribution in [1.29, 1.82) is 0 Å². The van der Waals surface area contributed by atoms with Crippen molar-refractivity contribution in [3.63, 3.8) is 0 Å². The van der Waals surface area contributed by atoms with Gasteiger partial charge in [0.15, 0.2) is 11.6 Å². The van der Waals surface area contributed by atoms with Gasteiger partial charge in [0.2, 0.25) is 0 Å². The van der Waals surface area contributed by atoms with Crippen LogP contribution in [0.4, 0.5) is 8.78 Å². The Balaban J connectivity index is 0.000000283. The van der Waals surface area contributed by atoms with Gasteiger partial charge >= 0.3 is 15.2 Å². The highest BCUT2D eigenvalue weighted by atomic mass is 32.1. The summed E-state index contributed by atoms with van der Waals surface area (Å²) in [5, 5.41) is 1.24. The first-order chi connectivity index (χ1) is 22.8. The zero-order valence-electron chi connectivity index (χ0n) is 28.5. The SMILES string of the molecule is C.CCOP(=O)(Cc1sc2ccccc2c1C)OCC.CCOP(=O)(OCC)C(C)(Cc1ccc(F)c(F)c1)c1sc2ccccc2c1C. The second-order valence-electron chi connectivity index (χ2n) is 11.3. The van der Waals surface area contributed by atoms with Crippen molar-refractivity contribution < 1.29 is 36.0 Å². The summed E-state index contributed by atoms with van der Waals surface area (Å²) >= 11 is 3.21. The van der Waals surface area contributed by atoms with Crippen molar-refractivity contribution in [3.05, 3.63) is 105 Å². The molecule has 5 rings (SSSR count). The first-order valence-corrected chi connectivity index (χ1v) is 20.9. The van der Waals surface area contributed by atoms with Gasteiger partial charge < -0.3 is 18.1 Å². The van der Waals surface area contributed by atoms with Gasteiger partial charge in [0.1, 0.15) is 5.16 Å². The predicted molar refractivity (Wildman–Crippen MR) is 203 cm³/mol. The molecule has 0 aliphatic heterocycles. The number of benzene rings is 3. The van der Waals surface area contributed by atoms with E-state index in [0.29, 0.717) is 24.9 Å². The van der Waals surface area contributed by atoms with Crippen LogP contribution in [-0.2, 0) is 45.0 Å². The van der Waals surface area contributed by atoms with Crippen LogP contribution in [0.5, 0.6) is 0 Å². The third-order valence-electron chi connectivity index (χ3n) is 8.00. The number of hydrogen-bond acceptors (Lipinski definition) is 8. The molecule has 268 valence electrons. The number of hydrogen-bond donors (Lipinski definition) is 0. The summed E-state index contributed by atoms with van der Waals surface area (Å²) in [6, 6.07) is 19.9. The Morgan fingerprint density at radius 1 is 0.694 bits per heavy atom. The molecule has 0 aliphatic rings. The van der Waals surface area contributed by atoms with Crippen molar-refractivity contribution in [2.75, 3.05) is 26.4 Å². The van der Waals surface area contributed by atoms with Crippen LogP contribution < -0.4 is 0 Å². The fourth-order valence-electron chi connectivity index (χ4n) is 5.77. The molecule has 0 amide bonds. The van der Waals surface area contributed by atoms with Crippen LogP contribution in [0.2, 0.25) is 0 Å². The summed E-state index contributed by atoms with van der Waals surface area (Å²) in [5.74, 6) is -1.84. The molecule has 6 nitrogen and oxygen atoms in total. The Hall–Kier alpha value is -2.26. The maximum Gasteiger partial charge on any atom is 0.341 e. The van der Waals surface area contributed by atoms with E-state index < -0.39 is 32.0 Å². The Labute approximate surface area is 297 Å². The minimum Gasteiger partial charge on any atom is -0.309 e. The zero-order valence-corrected chi connectivity index (χ0v) is 31.9. The number of thiophene rings is 2. The monoisotopic (exact) mass is 752 g/mol. The molecule has 3 aromatic carbocycles. The summed E-state index contributed by atoms with van der Waals surface area (Å²) in [6.45, 7) is 14.3. The Kier molecular flexibility index (Phi) is 14.9. The summed E-state index contributed by atoms with van der Waals surface area (Å²) in [4.78, 5) is 1.96. The van der Waals surface area contributed by atoms with Crippen molar-refractivity contribution >= 4 is 58.0 Å². The largest absolute Gasteiger partial charge is 0.341 e. The summed E-state index contributed by atoms with van der Waals surface area (Å²) in [7, 11) is -6.66. The summed E-state index contributed by atoms with van der Waals surface area (Å²) < 4.78 is 78.4. The van der Waals surface area contributed by atoms with Crippen LogP contribution in [0.3, 0.4) is 0 Å². The van der Waals surface area contributed by atoms with Crippen molar-refractivity contribution in [2.24, 2.45) is 0 Å². The van der Waals surface area contributed by atoms with Crippen LogP contribution in [0.15, 0.2) is 66.7 Å². The minimum absolute atomic E-state index is 0. The average Bonchev–Trinajstić information content (AvgIpc) is 3.55. The van der Waals surface area contributed by atoms with Crippen LogP contribution >= 0.6 is 37.9 Å². The molecule has 0 aliphatic carbocycles. The molecule has 1 unspecified atom stereocenters.